The van der Waals surface area contributed by atoms with Crippen LogP contribution < -0.4 is 10.6 Å². The molecule has 0 aliphatic heterocycles. The third kappa shape index (κ3) is 5.37. The summed E-state index contributed by atoms with van der Waals surface area (Å²) in [6.45, 7) is 3.69. The van der Waals surface area contributed by atoms with Crippen molar-refractivity contribution in [3.8, 4) is 0 Å². The molecule has 140 valence electrons. The van der Waals surface area contributed by atoms with E-state index in [1.807, 2.05) is 49.4 Å². The maximum atomic E-state index is 12.2. The summed E-state index contributed by atoms with van der Waals surface area (Å²) in [5.74, 6) is 0.960. The average Bonchev–Trinajstić information content (AvgIpc) is 3.12. The molecule has 0 spiro atoms. The van der Waals surface area contributed by atoms with Gasteiger partial charge in [0.1, 0.15) is 6.04 Å². The summed E-state index contributed by atoms with van der Waals surface area (Å²) in [5.41, 5.74) is 2.99. The molecule has 0 saturated carbocycles. The Morgan fingerprint density at radius 1 is 1.15 bits per heavy atom. The summed E-state index contributed by atoms with van der Waals surface area (Å²) >= 11 is 0. The number of hydrogen-bond acceptors (Lipinski definition) is 5. The summed E-state index contributed by atoms with van der Waals surface area (Å²) in [7, 11) is 0. The fraction of sp³-hybridized carbons (Fsp3) is 0.300. The third-order valence-corrected chi connectivity index (χ3v) is 4.16. The zero-order valence-corrected chi connectivity index (χ0v) is 15.5. The largest absolute Gasteiger partial charge is 0.337 e. The predicted octanol–water partition coefficient (Wildman–Crippen LogP) is 3.83. The second-order valence-electron chi connectivity index (χ2n) is 6.26. The summed E-state index contributed by atoms with van der Waals surface area (Å²) in [5, 5.41) is 9.45. The summed E-state index contributed by atoms with van der Waals surface area (Å²) in [6.07, 6.45) is 4.25. The lowest BCUT2D eigenvalue weighted by Gasteiger charge is -2.14. The molecule has 0 bridgehead atoms. The van der Waals surface area contributed by atoms with Crippen LogP contribution in [0.2, 0.25) is 0 Å². The molecule has 1 aromatic carbocycles. The normalized spacial score (nSPS) is 11.8. The lowest BCUT2D eigenvalue weighted by Crippen LogP contribution is -2.32. The van der Waals surface area contributed by atoms with Gasteiger partial charge in [-0.25, -0.2) is 4.79 Å². The molecule has 0 fully saturated rings. The number of hydrogen-bond donors (Lipinski definition) is 2. The first kappa shape index (κ1) is 18.6. The first-order valence-electron chi connectivity index (χ1n) is 9.00. The molecule has 2 aromatic heterocycles. The van der Waals surface area contributed by atoms with Gasteiger partial charge in [-0.2, -0.15) is 4.98 Å². The van der Waals surface area contributed by atoms with Gasteiger partial charge in [0.2, 0.25) is 5.89 Å². The highest BCUT2D eigenvalue weighted by Gasteiger charge is 2.18. The van der Waals surface area contributed by atoms with Crippen molar-refractivity contribution in [1.29, 1.82) is 0 Å². The summed E-state index contributed by atoms with van der Waals surface area (Å²) in [6, 6.07) is 13.1. The van der Waals surface area contributed by atoms with E-state index in [0.717, 1.165) is 24.2 Å². The number of carbonyl (C=O) groups excluding carboxylic acids is 1. The molecule has 2 amide bonds. The molecule has 0 radical (unpaired) electrons. The first-order valence-corrected chi connectivity index (χ1v) is 9.00. The maximum absolute atomic E-state index is 12.2. The Hall–Kier alpha value is -3.22. The number of nitrogens with zero attached hydrogens (tertiary/aromatic N) is 3. The fourth-order valence-corrected chi connectivity index (χ4v) is 2.69. The zero-order chi connectivity index (χ0) is 19.1. The Labute approximate surface area is 158 Å². The minimum absolute atomic E-state index is 0.307. The minimum atomic E-state index is -0.316. The fourth-order valence-electron chi connectivity index (χ4n) is 2.69. The van der Waals surface area contributed by atoms with Crippen LogP contribution in [0.3, 0.4) is 0 Å². The zero-order valence-electron chi connectivity index (χ0n) is 15.5. The van der Waals surface area contributed by atoms with Gasteiger partial charge in [-0.05, 0) is 56.0 Å². The second kappa shape index (κ2) is 8.93. The van der Waals surface area contributed by atoms with E-state index < -0.39 is 0 Å². The van der Waals surface area contributed by atoms with Gasteiger partial charge in [-0.3, -0.25) is 4.98 Å². The maximum Gasteiger partial charge on any atom is 0.319 e. The second-order valence-corrected chi connectivity index (χ2v) is 6.26. The molecule has 2 N–H and O–H groups in total. The molecule has 7 heteroatoms. The molecule has 1 atom stereocenters. The van der Waals surface area contributed by atoms with Gasteiger partial charge < -0.3 is 15.2 Å². The van der Waals surface area contributed by atoms with Gasteiger partial charge in [0.05, 0.1) is 0 Å². The van der Waals surface area contributed by atoms with Crippen LogP contribution in [0.25, 0.3) is 0 Å². The highest BCUT2D eigenvalue weighted by atomic mass is 16.5. The van der Waals surface area contributed by atoms with Crippen LogP contribution in [-0.4, -0.2) is 21.2 Å². The van der Waals surface area contributed by atoms with E-state index in [2.05, 4.69) is 25.8 Å². The van der Waals surface area contributed by atoms with Crippen LogP contribution >= 0.6 is 0 Å². The van der Waals surface area contributed by atoms with E-state index in [9.17, 15) is 4.79 Å². The molecule has 3 aromatic rings. The van der Waals surface area contributed by atoms with Gasteiger partial charge in [0, 0.05) is 17.6 Å². The average molecular weight is 365 g/mol. The molecule has 0 aliphatic rings. The Morgan fingerprint density at radius 3 is 2.59 bits per heavy atom. The number of amides is 2. The molecule has 27 heavy (non-hydrogen) atoms. The molecular weight excluding hydrogens is 342 g/mol. The number of aromatic nitrogens is 3. The SMILES string of the molecule is CC[C@@H](NC(=O)Nc1ccc(CCc2ccccn2)cc1)c1nc(C)no1. The van der Waals surface area contributed by atoms with Crippen LogP contribution in [0.15, 0.2) is 53.2 Å². The number of aryl methyl sites for hydroxylation is 3. The van der Waals surface area contributed by atoms with E-state index in [1.165, 1.54) is 5.56 Å². The van der Waals surface area contributed by atoms with Gasteiger partial charge in [0.15, 0.2) is 5.82 Å². The van der Waals surface area contributed by atoms with Crippen LogP contribution in [0.4, 0.5) is 10.5 Å². The summed E-state index contributed by atoms with van der Waals surface area (Å²) in [4.78, 5) is 20.7. The van der Waals surface area contributed by atoms with Crippen LogP contribution in [0.5, 0.6) is 0 Å². The first-order chi connectivity index (χ1) is 13.1. The number of anilines is 1. The molecule has 0 unspecified atom stereocenters. The Balaban J connectivity index is 1.52. The van der Waals surface area contributed by atoms with Crippen molar-refractivity contribution in [2.45, 2.75) is 39.2 Å². The predicted molar refractivity (Wildman–Crippen MR) is 102 cm³/mol. The Kier molecular flexibility index (Phi) is 6.14. The van der Waals surface area contributed by atoms with Crippen LogP contribution in [0, 0.1) is 6.92 Å². The highest BCUT2D eigenvalue weighted by molar-refractivity contribution is 5.89. The van der Waals surface area contributed by atoms with E-state index >= 15 is 0 Å². The van der Waals surface area contributed by atoms with Crippen LogP contribution in [-0.2, 0) is 12.8 Å². The topological polar surface area (TPSA) is 92.9 Å². The number of rotatable bonds is 7. The van der Waals surface area contributed by atoms with Crippen molar-refractivity contribution >= 4 is 11.7 Å². The van der Waals surface area contributed by atoms with Crippen LogP contribution in [0.1, 0.15) is 42.4 Å². The van der Waals surface area contributed by atoms with E-state index in [0.29, 0.717) is 18.1 Å². The number of nitrogens with one attached hydrogen (secondary N) is 2. The molecule has 0 aliphatic carbocycles. The quantitative estimate of drug-likeness (QED) is 0.664. The van der Waals surface area contributed by atoms with E-state index in [-0.39, 0.29) is 12.1 Å². The van der Waals surface area contributed by atoms with Crippen molar-refractivity contribution in [3.63, 3.8) is 0 Å². The highest BCUT2D eigenvalue weighted by Crippen LogP contribution is 2.15. The summed E-state index contributed by atoms with van der Waals surface area (Å²) < 4.78 is 5.14. The molecule has 3 rings (SSSR count). The Bertz CT molecular complexity index is 862. The Morgan fingerprint density at radius 2 is 1.96 bits per heavy atom. The minimum Gasteiger partial charge on any atom is -0.337 e. The van der Waals surface area contributed by atoms with Crippen molar-refractivity contribution in [2.24, 2.45) is 0 Å². The van der Waals surface area contributed by atoms with E-state index in [1.54, 1.807) is 13.1 Å². The van der Waals surface area contributed by atoms with Gasteiger partial charge >= 0.3 is 6.03 Å². The smallest absolute Gasteiger partial charge is 0.319 e. The lowest BCUT2D eigenvalue weighted by molar-refractivity contribution is 0.243. The molecule has 2 heterocycles. The van der Waals surface area contributed by atoms with Gasteiger partial charge in [0.25, 0.3) is 0 Å². The number of carbonyl (C=O) groups is 1. The molecule has 0 saturated heterocycles. The van der Waals surface area contributed by atoms with E-state index in [4.69, 9.17) is 4.52 Å². The number of urea groups is 1. The van der Waals surface area contributed by atoms with Crippen molar-refractivity contribution in [1.82, 2.24) is 20.4 Å². The van der Waals surface area contributed by atoms with Gasteiger partial charge in [-0.15, -0.1) is 0 Å². The third-order valence-electron chi connectivity index (χ3n) is 4.16. The monoisotopic (exact) mass is 365 g/mol. The number of pyridine rings is 1. The molecule has 7 nitrogen and oxygen atoms in total. The van der Waals surface area contributed by atoms with Gasteiger partial charge in [-0.1, -0.05) is 30.3 Å². The number of benzene rings is 1. The molecular formula is C20H23N5O2. The van der Waals surface area contributed by atoms with Crippen molar-refractivity contribution in [2.75, 3.05) is 5.32 Å². The lowest BCUT2D eigenvalue weighted by atomic mass is 10.1. The standard InChI is InChI=1S/C20H23N5O2/c1-3-18(19-22-14(2)25-27-19)24-20(26)23-17-11-8-15(9-12-17)7-10-16-6-4-5-13-21-16/h4-6,8-9,11-13,18H,3,7,10H2,1-2H3,(H2,23,24,26)/t18-/m1/s1. The van der Waals surface area contributed by atoms with Crippen molar-refractivity contribution < 1.29 is 9.32 Å². The van der Waals surface area contributed by atoms with Crippen molar-refractivity contribution in [3.05, 3.63) is 71.6 Å².